The van der Waals surface area contributed by atoms with Crippen LogP contribution in [0.5, 0.6) is 0 Å². The Labute approximate surface area is 185 Å². The second-order valence-corrected chi connectivity index (χ2v) is 9.14. The predicted molar refractivity (Wildman–Crippen MR) is 122 cm³/mol. The number of hydrogen-bond donors (Lipinski definition) is 1. The molecular weight excluding hydrogens is 418 g/mol. The summed E-state index contributed by atoms with van der Waals surface area (Å²) < 4.78 is 2.08. The number of halogens is 1. The predicted octanol–water partition coefficient (Wildman–Crippen LogP) is 4.78. The number of piperidine rings is 1. The Morgan fingerprint density at radius 3 is 2.93 bits per heavy atom. The number of amides is 2. The van der Waals surface area contributed by atoms with Crippen LogP contribution in [0, 0.1) is 5.92 Å². The molecule has 1 unspecified atom stereocenters. The fraction of sp³-hybridized carbons (Fsp3) is 0.391. The zero-order chi connectivity index (χ0) is 21.1. The average molecular weight is 444 g/mol. The van der Waals surface area contributed by atoms with E-state index in [0.717, 1.165) is 35.0 Å². The highest BCUT2D eigenvalue weighted by Crippen LogP contribution is 2.29. The number of carbonyl (C=O) groups excluding carboxylic acids is 2. The fourth-order valence-electron chi connectivity index (χ4n) is 4.06. The Morgan fingerprint density at radius 2 is 2.13 bits per heavy atom. The van der Waals surface area contributed by atoms with Crippen LogP contribution in [0.15, 0.2) is 41.8 Å². The van der Waals surface area contributed by atoms with Crippen molar-refractivity contribution in [2.75, 3.05) is 19.6 Å². The lowest BCUT2D eigenvalue weighted by atomic mass is 9.97. The molecular formula is C23H26ClN3O2S. The minimum absolute atomic E-state index is 0.00609. The van der Waals surface area contributed by atoms with Gasteiger partial charge < -0.3 is 14.8 Å². The van der Waals surface area contributed by atoms with E-state index in [9.17, 15) is 9.59 Å². The number of rotatable bonds is 6. The van der Waals surface area contributed by atoms with E-state index in [0.29, 0.717) is 36.9 Å². The SMILES string of the molecule is CCCNC(=O)C1CCCN(C(=O)c2cc3ccsc3n2Cc2cccc(Cl)c2)C1. The molecule has 1 N–H and O–H groups in total. The number of nitrogens with one attached hydrogen (secondary N) is 1. The summed E-state index contributed by atoms with van der Waals surface area (Å²) in [5, 5.41) is 6.78. The van der Waals surface area contributed by atoms with Gasteiger partial charge in [-0.25, -0.2) is 0 Å². The highest BCUT2D eigenvalue weighted by atomic mass is 35.5. The summed E-state index contributed by atoms with van der Waals surface area (Å²) in [7, 11) is 0. The van der Waals surface area contributed by atoms with E-state index >= 15 is 0 Å². The maximum absolute atomic E-state index is 13.5. The molecule has 1 aliphatic rings. The van der Waals surface area contributed by atoms with E-state index in [2.05, 4.69) is 9.88 Å². The molecule has 2 aromatic heterocycles. The largest absolute Gasteiger partial charge is 0.356 e. The topological polar surface area (TPSA) is 54.3 Å². The van der Waals surface area contributed by atoms with Crippen molar-refractivity contribution in [1.29, 1.82) is 0 Å². The number of likely N-dealkylation sites (tertiary alicyclic amines) is 1. The quantitative estimate of drug-likeness (QED) is 0.595. The van der Waals surface area contributed by atoms with Gasteiger partial charge in [-0.2, -0.15) is 0 Å². The van der Waals surface area contributed by atoms with Crippen LogP contribution in [0.2, 0.25) is 5.02 Å². The molecule has 0 aliphatic carbocycles. The second kappa shape index (κ2) is 9.23. The third-order valence-electron chi connectivity index (χ3n) is 5.58. The summed E-state index contributed by atoms with van der Waals surface area (Å²) in [6.45, 7) is 4.47. The van der Waals surface area contributed by atoms with Crippen LogP contribution in [-0.4, -0.2) is 40.9 Å². The van der Waals surface area contributed by atoms with Crippen LogP contribution in [0.4, 0.5) is 0 Å². The summed E-state index contributed by atoms with van der Waals surface area (Å²) in [6.07, 6.45) is 2.59. The summed E-state index contributed by atoms with van der Waals surface area (Å²) in [5.74, 6) is -0.0789. The van der Waals surface area contributed by atoms with Crippen molar-refractivity contribution in [3.63, 3.8) is 0 Å². The summed E-state index contributed by atoms with van der Waals surface area (Å²) in [4.78, 5) is 28.8. The van der Waals surface area contributed by atoms with Gasteiger partial charge in [-0.3, -0.25) is 9.59 Å². The zero-order valence-corrected chi connectivity index (χ0v) is 18.6. The van der Waals surface area contributed by atoms with Crippen molar-refractivity contribution < 1.29 is 9.59 Å². The molecule has 2 amide bonds. The number of hydrogen-bond acceptors (Lipinski definition) is 3. The first-order valence-electron chi connectivity index (χ1n) is 10.4. The first-order chi connectivity index (χ1) is 14.6. The maximum atomic E-state index is 13.5. The standard InChI is InChI=1S/C23H26ClN3O2S/c1-2-9-25-21(28)18-6-4-10-26(15-18)22(29)20-13-17-8-11-30-23(17)27(20)14-16-5-3-7-19(24)12-16/h3,5,7-8,11-13,18H,2,4,6,9-10,14-15H2,1H3,(H,25,28). The van der Waals surface area contributed by atoms with Gasteiger partial charge in [0, 0.05) is 36.6 Å². The van der Waals surface area contributed by atoms with Gasteiger partial charge in [0.1, 0.15) is 10.5 Å². The number of benzene rings is 1. The van der Waals surface area contributed by atoms with E-state index in [-0.39, 0.29) is 17.7 Å². The van der Waals surface area contributed by atoms with Gasteiger partial charge in [0.15, 0.2) is 0 Å². The van der Waals surface area contributed by atoms with Crippen LogP contribution in [0.1, 0.15) is 42.2 Å². The lowest BCUT2D eigenvalue weighted by Gasteiger charge is -2.32. The lowest BCUT2D eigenvalue weighted by molar-refractivity contribution is -0.126. The molecule has 0 radical (unpaired) electrons. The van der Waals surface area contributed by atoms with Crippen LogP contribution in [0.25, 0.3) is 10.2 Å². The molecule has 30 heavy (non-hydrogen) atoms. The van der Waals surface area contributed by atoms with Crippen molar-refractivity contribution in [2.45, 2.75) is 32.7 Å². The molecule has 3 aromatic rings. The Morgan fingerprint density at radius 1 is 1.27 bits per heavy atom. The molecule has 1 atom stereocenters. The summed E-state index contributed by atoms with van der Waals surface area (Å²) in [6, 6.07) is 11.8. The highest BCUT2D eigenvalue weighted by Gasteiger charge is 2.30. The molecule has 1 aromatic carbocycles. The Kier molecular flexibility index (Phi) is 6.44. The van der Waals surface area contributed by atoms with Crippen molar-refractivity contribution in [3.05, 3.63) is 58.1 Å². The molecule has 1 fully saturated rings. The normalized spacial score (nSPS) is 16.7. The van der Waals surface area contributed by atoms with Crippen molar-refractivity contribution in [1.82, 2.24) is 14.8 Å². The Bertz CT molecular complexity index is 1060. The molecule has 0 saturated carbocycles. The molecule has 7 heteroatoms. The first-order valence-corrected chi connectivity index (χ1v) is 11.7. The van der Waals surface area contributed by atoms with Crippen molar-refractivity contribution in [3.8, 4) is 0 Å². The fourth-order valence-corrected chi connectivity index (χ4v) is 5.17. The van der Waals surface area contributed by atoms with Gasteiger partial charge in [0.2, 0.25) is 5.91 Å². The third kappa shape index (κ3) is 4.40. The van der Waals surface area contributed by atoms with Gasteiger partial charge in [-0.15, -0.1) is 11.3 Å². The average Bonchev–Trinajstić information content (AvgIpc) is 3.34. The van der Waals surface area contributed by atoms with E-state index in [4.69, 9.17) is 11.6 Å². The highest BCUT2D eigenvalue weighted by molar-refractivity contribution is 7.16. The smallest absolute Gasteiger partial charge is 0.270 e. The van der Waals surface area contributed by atoms with Gasteiger partial charge in [0.05, 0.1) is 5.92 Å². The number of aromatic nitrogens is 1. The summed E-state index contributed by atoms with van der Waals surface area (Å²) in [5.41, 5.74) is 1.73. The molecule has 5 nitrogen and oxygen atoms in total. The number of fused-ring (bicyclic) bond motifs is 1. The minimum Gasteiger partial charge on any atom is -0.356 e. The lowest BCUT2D eigenvalue weighted by Crippen LogP contribution is -2.46. The summed E-state index contributed by atoms with van der Waals surface area (Å²) >= 11 is 7.80. The molecule has 1 aliphatic heterocycles. The van der Waals surface area contributed by atoms with Gasteiger partial charge in [-0.1, -0.05) is 30.7 Å². The Balaban J connectivity index is 1.58. The molecule has 3 heterocycles. The van der Waals surface area contributed by atoms with Crippen molar-refractivity contribution >= 4 is 45.0 Å². The number of nitrogens with zero attached hydrogens (tertiary/aromatic N) is 2. The van der Waals surface area contributed by atoms with Gasteiger partial charge in [-0.05, 0) is 54.5 Å². The zero-order valence-electron chi connectivity index (χ0n) is 17.1. The van der Waals surface area contributed by atoms with E-state index < -0.39 is 0 Å². The molecule has 0 bridgehead atoms. The van der Waals surface area contributed by atoms with E-state index in [1.54, 1.807) is 11.3 Å². The Hall–Kier alpha value is -2.31. The maximum Gasteiger partial charge on any atom is 0.270 e. The second-order valence-electron chi connectivity index (χ2n) is 7.81. The molecule has 1 saturated heterocycles. The monoisotopic (exact) mass is 443 g/mol. The van der Waals surface area contributed by atoms with Crippen LogP contribution in [-0.2, 0) is 11.3 Å². The number of thiophene rings is 1. The third-order valence-corrected chi connectivity index (χ3v) is 6.77. The van der Waals surface area contributed by atoms with Crippen molar-refractivity contribution in [2.24, 2.45) is 5.92 Å². The molecule has 0 spiro atoms. The van der Waals surface area contributed by atoms with Crippen LogP contribution < -0.4 is 5.32 Å². The minimum atomic E-state index is -0.133. The first kappa shape index (κ1) is 20.9. The van der Waals surface area contributed by atoms with Gasteiger partial charge in [0.25, 0.3) is 5.91 Å². The van der Waals surface area contributed by atoms with E-state index in [1.165, 1.54) is 0 Å². The molecule has 158 valence electrons. The molecule has 4 rings (SSSR count). The van der Waals surface area contributed by atoms with Crippen LogP contribution in [0.3, 0.4) is 0 Å². The van der Waals surface area contributed by atoms with Gasteiger partial charge >= 0.3 is 0 Å². The van der Waals surface area contributed by atoms with E-state index in [1.807, 2.05) is 53.6 Å². The van der Waals surface area contributed by atoms with Crippen LogP contribution >= 0.6 is 22.9 Å². The number of carbonyl (C=O) groups is 2.